The second-order valence-electron chi connectivity index (χ2n) is 6.86. The van der Waals surface area contributed by atoms with E-state index in [0.29, 0.717) is 16.3 Å². The van der Waals surface area contributed by atoms with E-state index in [-0.39, 0.29) is 24.2 Å². The van der Waals surface area contributed by atoms with E-state index in [1.807, 2.05) is 16.3 Å². The van der Waals surface area contributed by atoms with Crippen LogP contribution in [0.4, 0.5) is 21.5 Å². The van der Waals surface area contributed by atoms with Gasteiger partial charge >= 0.3 is 0 Å². The van der Waals surface area contributed by atoms with Crippen LogP contribution in [-0.4, -0.2) is 24.9 Å². The fourth-order valence-corrected chi connectivity index (χ4v) is 4.04. The number of hydrogen-bond donors (Lipinski definition) is 2. The van der Waals surface area contributed by atoms with Crippen molar-refractivity contribution in [1.29, 1.82) is 0 Å². The summed E-state index contributed by atoms with van der Waals surface area (Å²) in [6.07, 6.45) is 1.71. The average molecular weight is 409 g/mol. The minimum absolute atomic E-state index is 0.141. The third-order valence-corrected chi connectivity index (χ3v) is 5.63. The molecule has 2 N–H and O–H groups in total. The van der Waals surface area contributed by atoms with Crippen LogP contribution in [-0.2, 0) is 11.2 Å². The molecule has 0 radical (unpaired) electrons. The number of fused-ring (bicyclic) bond motifs is 1. The maximum Gasteiger partial charge on any atom is 0.265 e. The zero-order valence-corrected chi connectivity index (χ0v) is 16.5. The van der Waals surface area contributed by atoms with Crippen LogP contribution in [0.5, 0.6) is 0 Å². The number of thiophene rings is 1. The molecule has 1 aliphatic heterocycles. The molecule has 1 aliphatic rings. The van der Waals surface area contributed by atoms with E-state index in [0.717, 1.165) is 30.6 Å². The quantitative estimate of drug-likeness (QED) is 0.651. The number of benzene rings is 2. The number of rotatable bonds is 5. The van der Waals surface area contributed by atoms with Crippen LogP contribution in [0.25, 0.3) is 0 Å². The molecule has 0 bridgehead atoms. The Balaban J connectivity index is 1.35. The van der Waals surface area contributed by atoms with Crippen LogP contribution in [0.1, 0.15) is 21.7 Å². The number of aryl methyl sites for hydroxylation is 1. The summed E-state index contributed by atoms with van der Waals surface area (Å²) in [5.41, 5.74) is 3.17. The zero-order chi connectivity index (χ0) is 20.2. The van der Waals surface area contributed by atoms with E-state index in [4.69, 9.17) is 0 Å². The molecule has 0 saturated carbocycles. The molecule has 2 heterocycles. The molecule has 7 heteroatoms. The highest BCUT2D eigenvalue weighted by Gasteiger charge is 2.19. The lowest BCUT2D eigenvalue weighted by atomic mass is 10.0. The lowest BCUT2D eigenvalue weighted by Crippen LogP contribution is -2.36. The van der Waals surface area contributed by atoms with Gasteiger partial charge in [-0.25, -0.2) is 4.39 Å². The van der Waals surface area contributed by atoms with Gasteiger partial charge in [-0.15, -0.1) is 11.3 Å². The molecule has 148 valence electrons. The first-order valence-corrected chi connectivity index (χ1v) is 10.2. The van der Waals surface area contributed by atoms with Gasteiger partial charge in [-0.3, -0.25) is 9.59 Å². The third kappa shape index (κ3) is 4.63. The molecule has 0 aliphatic carbocycles. The molecule has 4 rings (SSSR count). The highest BCUT2D eigenvalue weighted by atomic mass is 32.1. The summed E-state index contributed by atoms with van der Waals surface area (Å²) < 4.78 is 13.4. The van der Waals surface area contributed by atoms with Gasteiger partial charge in [0.25, 0.3) is 5.91 Å². The van der Waals surface area contributed by atoms with Crippen LogP contribution < -0.4 is 15.5 Å². The summed E-state index contributed by atoms with van der Waals surface area (Å²) in [6.45, 7) is 0.967. The molecule has 0 unspecified atom stereocenters. The number of nitrogens with one attached hydrogen (secondary N) is 2. The van der Waals surface area contributed by atoms with Crippen molar-refractivity contribution in [3.05, 3.63) is 76.2 Å². The van der Waals surface area contributed by atoms with Crippen molar-refractivity contribution in [2.45, 2.75) is 12.8 Å². The lowest BCUT2D eigenvalue weighted by molar-refractivity contribution is -0.115. The predicted octanol–water partition coefficient (Wildman–Crippen LogP) is 4.53. The molecule has 2 aromatic carbocycles. The topological polar surface area (TPSA) is 61.4 Å². The molecule has 1 aromatic heterocycles. The standard InChI is InChI=1S/C22H20FN3O2S/c23-16-5-10-19-15(13-16)3-1-11-26(19)14-21(27)24-17-6-8-18(9-7-17)25-22(28)20-4-2-12-29-20/h2,4-10,12-13H,1,3,11,14H2,(H,24,27)(H,25,28). The fraction of sp³-hybridized carbons (Fsp3) is 0.182. The first-order chi connectivity index (χ1) is 14.1. The maximum atomic E-state index is 13.4. The summed E-state index contributed by atoms with van der Waals surface area (Å²) >= 11 is 1.38. The monoisotopic (exact) mass is 409 g/mol. The van der Waals surface area contributed by atoms with Crippen LogP contribution in [0.15, 0.2) is 60.0 Å². The van der Waals surface area contributed by atoms with Crippen molar-refractivity contribution in [2.24, 2.45) is 0 Å². The highest BCUT2D eigenvalue weighted by molar-refractivity contribution is 7.12. The zero-order valence-electron chi connectivity index (χ0n) is 15.7. The second-order valence-corrected chi connectivity index (χ2v) is 7.80. The van der Waals surface area contributed by atoms with E-state index in [1.54, 1.807) is 42.5 Å². The van der Waals surface area contributed by atoms with Gasteiger partial charge in [-0.1, -0.05) is 6.07 Å². The van der Waals surface area contributed by atoms with E-state index < -0.39 is 0 Å². The fourth-order valence-electron chi connectivity index (χ4n) is 3.42. The maximum absolute atomic E-state index is 13.4. The van der Waals surface area contributed by atoms with Crippen LogP contribution in [0, 0.1) is 5.82 Å². The third-order valence-electron chi connectivity index (χ3n) is 4.76. The predicted molar refractivity (Wildman–Crippen MR) is 114 cm³/mol. The minimum Gasteiger partial charge on any atom is -0.362 e. The van der Waals surface area contributed by atoms with Crippen molar-refractivity contribution in [3.63, 3.8) is 0 Å². The Bertz CT molecular complexity index is 1020. The van der Waals surface area contributed by atoms with Crippen LogP contribution in [0.2, 0.25) is 0 Å². The summed E-state index contributed by atoms with van der Waals surface area (Å²) in [6, 6.07) is 15.3. The number of nitrogens with zero attached hydrogens (tertiary/aromatic N) is 1. The van der Waals surface area contributed by atoms with Crippen molar-refractivity contribution >= 4 is 40.2 Å². The molecule has 5 nitrogen and oxygen atoms in total. The van der Waals surface area contributed by atoms with Crippen molar-refractivity contribution < 1.29 is 14.0 Å². The van der Waals surface area contributed by atoms with E-state index in [1.165, 1.54) is 17.4 Å². The Morgan fingerprint density at radius 3 is 2.52 bits per heavy atom. The molecule has 0 atom stereocenters. The van der Waals surface area contributed by atoms with Gasteiger partial charge in [0.15, 0.2) is 0 Å². The molecule has 29 heavy (non-hydrogen) atoms. The van der Waals surface area contributed by atoms with Crippen LogP contribution >= 0.6 is 11.3 Å². The molecular formula is C22H20FN3O2S. The van der Waals surface area contributed by atoms with Crippen molar-refractivity contribution in [2.75, 3.05) is 28.6 Å². The van der Waals surface area contributed by atoms with E-state index >= 15 is 0 Å². The number of carbonyl (C=O) groups is 2. The van der Waals surface area contributed by atoms with Gasteiger partial charge in [-0.2, -0.15) is 0 Å². The normalized spacial score (nSPS) is 12.9. The molecular weight excluding hydrogens is 389 g/mol. The highest BCUT2D eigenvalue weighted by Crippen LogP contribution is 2.27. The van der Waals surface area contributed by atoms with Crippen molar-refractivity contribution in [1.82, 2.24) is 0 Å². The SMILES string of the molecule is O=C(CN1CCCc2cc(F)ccc21)Nc1ccc(NC(=O)c2cccs2)cc1. The molecule has 0 spiro atoms. The Hall–Kier alpha value is -3.19. The molecule has 3 aromatic rings. The van der Waals surface area contributed by atoms with Gasteiger partial charge in [0.2, 0.25) is 5.91 Å². The Morgan fingerprint density at radius 1 is 1.03 bits per heavy atom. The van der Waals surface area contributed by atoms with Crippen molar-refractivity contribution in [3.8, 4) is 0 Å². The lowest BCUT2D eigenvalue weighted by Gasteiger charge is -2.30. The van der Waals surface area contributed by atoms with Gasteiger partial charge in [-0.05, 0) is 72.3 Å². The first-order valence-electron chi connectivity index (χ1n) is 9.36. The summed E-state index contributed by atoms with van der Waals surface area (Å²) in [5.74, 6) is -0.546. The Kier molecular flexibility index (Phi) is 5.57. The number of carbonyl (C=O) groups excluding carboxylic acids is 2. The number of amides is 2. The van der Waals surface area contributed by atoms with Gasteiger partial charge in [0.1, 0.15) is 5.82 Å². The molecule has 0 saturated heterocycles. The molecule has 2 amide bonds. The molecule has 0 fully saturated rings. The number of halogens is 1. The number of hydrogen-bond acceptors (Lipinski definition) is 4. The van der Waals surface area contributed by atoms with E-state index in [2.05, 4.69) is 10.6 Å². The van der Waals surface area contributed by atoms with Gasteiger partial charge in [0.05, 0.1) is 11.4 Å². The Morgan fingerprint density at radius 2 is 1.79 bits per heavy atom. The summed E-state index contributed by atoms with van der Waals surface area (Å²) in [5, 5.41) is 7.55. The number of anilines is 3. The second kappa shape index (κ2) is 8.45. The largest absolute Gasteiger partial charge is 0.362 e. The summed E-state index contributed by atoms with van der Waals surface area (Å²) in [7, 11) is 0. The Labute approximate surface area is 172 Å². The van der Waals surface area contributed by atoms with Gasteiger partial charge in [0, 0.05) is 23.6 Å². The minimum atomic E-state index is -0.249. The first kappa shape index (κ1) is 19.1. The summed E-state index contributed by atoms with van der Waals surface area (Å²) in [4.78, 5) is 27.2. The van der Waals surface area contributed by atoms with Crippen LogP contribution in [0.3, 0.4) is 0 Å². The average Bonchev–Trinajstić information content (AvgIpc) is 3.24. The smallest absolute Gasteiger partial charge is 0.265 e. The van der Waals surface area contributed by atoms with Gasteiger partial charge < -0.3 is 15.5 Å². The van der Waals surface area contributed by atoms with E-state index in [9.17, 15) is 14.0 Å².